The molecule has 0 radical (unpaired) electrons. The molecule has 1 saturated heterocycles. The van der Waals surface area contributed by atoms with Crippen LogP contribution in [0.5, 0.6) is 0 Å². The smallest absolute Gasteiger partial charge is 0.261 e. The number of halogens is 1. The van der Waals surface area contributed by atoms with Crippen LogP contribution in [0.25, 0.3) is 0 Å². The number of nitrogens with zero attached hydrogens (tertiary/aromatic N) is 2. The van der Waals surface area contributed by atoms with Gasteiger partial charge in [0.15, 0.2) is 0 Å². The Kier molecular flexibility index (Phi) is 6.12. The summed E-state index contributed by atoms with van der Waals surface area (Å²) in [5.74, 6) is -0.0270. The molecular formula is C18H22ClN3OS. The summed E-state index contributed by atoms with van der Waals surface area (Å²) in [4.78, 5) is 17.5. The number of thiophene rings is 1. The van der Waals surface area contributed by atoms with Crippen molar-refractivity contribution in [1.29, 1.82) is 0 Å². The number of carbonyl (C=O) groups is 1. The van der Waals surface area contributed by atoms with E-state index in [1.165, 1.54) is 17.0 Å². The summed E-state index contributed by atoms with van der Waals surface area (Å²) in [5, 5.41) is 2.96. The highest BCUT2D eigenvalue weighted by Crippen LogP contribution is 2.21. The number of piperazine rings is 1. The van der Waals surface area contributed by atoms with Crippen molar-refractivity contribution in [3.63, 3.8) is 0 Å². The molecule has 3 rings (SSSR count). The molecule has 1 aromatic carbocycles. The Morgan fingerprint density at radius 1 is 1.08 bits per heavy atom. The average molecular weight is 364 g/mol. The number of nitrogens with one attached hydrogen (secondary N) is 1. The van der Waals surface area contributed by atoms with E-state index >= 15 is 0 Å². The van der Waals surface area contributed by atoms with Gasteiger partial charge < -0.3 is 10.2 Å². The van der Waals surface area contributed by atoms with Crippen LogP contribution in [0.1, 0.15) is 16.1 Å². The molecule has 6 heteroatoms. The minimum Gasteiger partial charge on any atom is -0.369 e. The summed E-state index contributed by atoms with van der Waals surface area (Å²) in [6.45, 7) is 5.99. The Morgan fingerprint density at radius 3 is 2.50 bits per heavy atom. The van der Waals surface area contributed by atoms with Crippen LogP contribution in [0.4, 0.5) is 5.69 Å². The van der Waals surface area contributed by atoms with Crippen molar-refractivity contribution in [3.05, 3.63) is 51.7 Å². The molecule has 0 saturated carbocycles. The van der Waals surface area contributed by atoms with Crippen LogP contribution in [0, 0.1) is 0 Å². The number of amides is 1. The number of hydrogen-bond acceptors (Lipinski definition) is 4. The molecule has 1 amide bonds. The lowest BCUT2D eigenvalue weighted by atomic mass is 10.2. The van der Waals surface area contributed by atoms with Crippen LogP contribution in [-0.4, -0.2) is 50.1 Å². The van der Waals surface area contributed by atoms with Gasteiger partial charge >= 0.3 is 0 Å². The molecule has 0 aliphatic carbocycles. The van der Waals surface area contributed by atoms with Gasteiger partial charge in [0.05, 0.1) is 9.21 Å². The van der Waals surface area contributed by atoms with E-state index in [0.717, 1.165) is 39.1 Å². The maximum atomic E-state index is 11.9. The SMILES string of the molecule is O=C(NCCCN1CCN(c2ccccc2)CC1)c1ccc(Cl)s1. The molecule has 2 aromatic rings. The summed E-state index contributed by atoms with van der Waals surface area (Å²) in [5.41, 5.74) is 1.30. The van der Waals surface area contributed by atoms with Crippen LogP contribution in [0.15, 0.2) is 42.5 Å². The van der Waals surface area contributed by atoms with E-state index in [-0.39, 0.29) is 5.91 Å². The monoisotopic (exact) mass is 363 g/mol. The van der Waals surface area contributed by atoms with Crippen LogP contribution in [-0.2, 0) is 0 Å². The fourth-order valence-electron chi connectivity index (χ4n) is 2.90. The minimum absolute atomic E-state index is 0.0270. The summed E-state index contributed by atoms with van der Waals surface area (Å²) >= 11 is 7.17. The van der Waals surface area contributed by atoms with E-state index in [2.05, 4.69) is 45.4 Å². The topological polar surface area (TPSA) is 35.6 Å². The van der Waals surface area contributed by atoms with E-state index in [4.69, 9.17) is 11.6 Å². The first-order valence-corrected chi connectivity index (χ1v) is 9.48. The Morgan fingerprint density at radius 2 is 1.83 bits per heavy atom. The van der Waals surface area contributed by atoms with Crippen molar-refractivity contribution in [2.45, 2.75) is 6.42 Å². The maximum absolute atomic E-state index is 11.9. The van der Waals surface area contributed by atoms with Crippen molar-refractivity contribution in [3.8, 4) is 0 Å². The fraction of sp³-hybridized carbons (Fsp3) is 0.389. The van der Waals surface area contributed by atoms with Gasteiger partial charge in [0.2, 0.25) is 0 Å². The molecule has 1 aromatic heterocycles. The minimum atomic E-state index is -0.0270. The highest BCUT2D eigenvalue weighted by atomic mass is 35.5. The Hall–Kier alpha value is -1.56. The van der Waals surface area contributed by atoms with Crippen molar-refractivity contribution < 1.29 is 4.79 Å². The van der Waals surface area contributed by atoms with Gasteiger partial charge in [-0.2, -0.15) is 0 Å². The second kappa shape index (κ2) is 8.51. The molecule has 128 valence electrons. The first-order valence-electron chi connectivity index (χ1n) is 8.28. The lowest BCUT2D eigenvalue weighted by Gasteiger charge is -2.36. The summed E-state index contributed by atoms with van der Waals surface area (Å²) in [6, 6.07) is 14.1. The quantitative estimate of drug-likeness (QED) is 0.799. The van der Waals surface area contributed by atoms with Crippen LogP contribution in [0.2, 0.25) is 4.34 Å². The zero-order chi connectivity index (χ0) is 16.8. The second-order valence-electron chi connectivity index (χ2n) is 5.88. The number of rotatable bonds is 6. The lowest BCUT2D eigenvalue weighted by Crippen LogP contribution is -2.47. The van der Waals surface area contributed by atoms with E-state index < -0.39 is 0 Å². The average Bonchev–Trinajstić information content (AvgIpc) is 3.06. The molecule has 24 heavy (non-hydrogen) atoms. The molecule has 0 unspecified atom stereocenters. The Bertz CT molecular complexity index is 653. The molecule has 1 aliphatic heterocycles. The number of para-hydroxylation sites is 1. The maximum Gasteiger partial charge on any atom is 0.261 e. The van der Waals surface area contributed by atoms with Gasteiger partial charge in [0.1, 0.15) is 0 Å². The zero-order valence-electron chi connectivity index (χ0n) is 13.6. The predicted molar refractivity (Wildman–Crippen MR) is 101 cm³/mol. The molecule has 0 spiro atoms. The molecule has 4 nitrogen and oxygen atoms in total. The van der Waals surface area contributed by atoms with Gasteiger partial charge in [0, 0.05) is 38.4 Å². The normalized spacial score (nSPS) is 15.5. The summed E-state index contributed by atoms with van der Waals surface area (Å²) < 4.78 is 0.649. The van der Waals surface area contributed by atoms with Crippen molar-refractivity contribution in [2.75, 3.05) is 44.2 Å². The molecule has 0 atom stereocenters. The first kappa shape index (κ1) is 17.3. The molecule has 1 aliphatic rings. The first-order chi connectivity index (χ1) is 11.7. The van der Waals surface area contributed by atoms with Crippen LogP contribution in [0.3, 0.4) is 0 Å². The van der Waals surface area contributed by atoms with E-state index in [1.807, 2.05) is 0 Å². The lowest BCUT2D eigenvalue weighted by molar-refractivity contribution is 0.0955. The Labute approximate surface area is 152 Å². The summed E-state index contributed by atoms with van der Waals surface area (Å²) in [6.07, 6.45) is 0.968. The molecule has 1 fully saturated rings. The van der Waals surface area contributed by atoms with Gasteiger partial charge in [-0.05, 0) is 37.2 Å². The van der Waals surface area contributed by atoms with Crippen molar-refractivity contribution in [2.24, 2.45) is 0 Å². The Balaban J connectivity index is 1.33. The van der Waals surface area contributed by atoms with Crippen molar-refractivity contribution in [1.82, 2.24) is 10.2 Å². The molecule has 0 bridgehead atoms. The zero-order valence-corrected chi connectivity index (χ0v) is 15.2. The molecular weight excluding hydrogens is 342 g/mol. The number of carbonyl (C=O) groups excluding carboxylic acids is 1. The number of hydrogen-bond donors (Lipinski definition) is 1. The second-order valence-corrected chi connectivity index (χ2v) is 7.59. The molecule has 2 heterocycles. The van der Waals surface area contributed by atoms with E-state index in [9.17, 15) is 4.79 Å². The third-order valence-electron chi connectivity index (χ3n) is 4.23. The van der Waals surface area contributed by atoms with Gasteiger partial charge in [-0.25, -0.2) is 0 Å². The van der Waals surface area contributed by atoms with Crippen LogP contribution < -0.4 is 10.2 Å². The highest BCUT2D eigenvalue weighted by molar-refractivity contribution is 7.17. The fourth-order valence-corrected chi connectivity index (χ4v) is 3.86. The molecule has 1 N–H and O–H groups in total. The summed E-state index contributed by atoms with van der Waals surface area (Å²) in [7, 11) is 0. The highest BCUT2D eigenvalue weighted by Gasteiger charge is 2.16. The third-order valence-corrected chi connectivity index (χ3v) is 5.46. The van der Waals surface area contributed by atoms with Gasteiger partial charge in [-0.3, -0.25) is 9.69 Å². The van der Waals surface area contributed by atoms with Gasteiger partial charge in [0.25, 0.3) is 5.91 Å². The van der Waals surface area contributed by atoms with Crippen LogP contribution >= 0.6 is 22.9 Å². The largest absolute Gasteiger partial charge is 0.369 e. The number of benzene rings is 1. The standard InChI is InChI=1S/C18H22ClN3OS/c19-17-8-7-16(24-17)18(23)20-9-4-10-21-11-13-22(14-12-21)15-5-2-1-3-6-15/h1-3,5-8H,4,9-14H2,(H,20,23). The third kappa shape index (κ3) is 4.72. The van der Waals surface area contributed by atoms with Gasteiger partial charge in [-0.15, -0.1) is 11.3 Å². The van der Waals surface area contributed by atoms with E-state index in [1.54, 1.807) is 12.1 Å². The number of anilines is 1. The van der Waals surface area contributed by atoms with Gasteiger partial charge in [-0.1, -0.05) is 29.8 Å². The predicted octanol–water partition coefficient (Wildman–Crippen LogP) is 3.34. The van der Waals surface area contributed by atoms with E-state index in [0.29, 0.717) is 15.8 Å². The van der Waals surface area contributed by atoms with Crippen molar-refractivity contribution >= 4 is 34.5 Å².